The maximum Gasteiger partial charge on any atom is 0.150 e. The molecule has 0 atom stereocenters. The second-order valence-corrected chi connectivity index (χ2v) is 4.06. The molecule has 1 nitrogen and oxygen atoms in total. The average Bonchev–Trinajstić information content (AvgIpc) is 1.95. The molecule has 0 heterocycles. The minimum atomic E-state index is 0.758. The van der Waals surface area contributed by atoms with Gasteiger partial charge in [-0.2, -0.15) is 0 Å². The van der Waals surface area contributed by atoms with E-state index in [1.165, 1.54) is 5.19 Å². The summed E-state index contributed by atoms with van der Waals surface area (Å²) >= 11 is 3.38. The fraction of sp³-hybridized carbons (Fsp3) is 0. The molecule has 0 aliphatic rings. The topological polar surface area (TPSA) is 17.1 Å². The number of rotatable bonds is 1. The molecule has 1 aromatic rings. The van der Waals surface area contributed by atoms with E-state index in [9.17, 15) is 4.79 Å². The molecule has 0 saturated carbocycles. The molecular weight excluding hydrogens is 208 g/mol. The highest BCUT2D eigenvalue weighted by Gasteiger charge is 1.93. The van der Waals surface area contributed by atoms with Gasteiger partial charge in [0.1, 0.15) is 6.29 Å². The molecule has 0 bridgehead atoms. The van der Waals surface area contributed by atoms with Gasteiger partial charge in [-0.1, -0.05) is 33.2 Å². The molecule has 0 aliphatic heterocycles. The van der Waals surface area contributed by atoms with Crippen molar-refractivity contribution in [2.45, 2.75) is 0 Å². The Labute approximate surface area is 71.0 Å². The molecule has 1 aromatic carbocycles. The number of benzene rings is 1. The van der Waals surface area contributed by atoms with E-state index < -0.39 is 0 Å². The van der Waals surface area contributed by atoms with E-state index in [1.54, 1.807) is 6.07 Å². The summed E-state index contributed by atoms with van der Waals surface area (Å²) in [6.45, 7) is 0. The fourth-order valence-corrected chi connectivity index (χ4v) is 1.49. The Morgan fingerprint density at radius 3 is 2.70 bits per heavy atom. The van der Waals surface area contributed by atoms with Crippen LogP contribution in [0.5, 0.6) is 0 Å². The first-order valence-corrected chi connectivity index (χ1v) is 4.74. The van der Waals surface area contributed by atoms with Crippen molar-refractivity contribution in [3.8, 4) is 0 Å². The lowest BCUT2D eigenvalue weighted by molar-refractivity contribution is 0.112. The quantitative estimate of drug-likeness (QED) is 0.485. The van der Waals surface area contributed by atoms with Crippen molar-refractivity contribution < 1.29 is 4.79 Å². The van der Waals surface area contributed by atoms with Crippen LogP contribution < -0.4 is 5.19 Å². The molecule has 10 heavy (non-hydrogen) atoms. The predicted octanol–water partition coefficient (Wildman–Crippen LogP) is 0.252. The zero-order chi connectivity index (χ0) is 7.56. The van der Waals surface area contributed by atoms with Crippen LogP contribution in [-0.4, -0.2) is 16.5 Å². The maximum absolute atomic E-state index is 10.3. The molecule has 0 amide bonds. The Kier molecular flexibility index (Phi) is 2.40. The van der Waals surface area contributed by atoms with Crippen molar-refractivity contribution in [1.82, 2.24) is 0 Å². The third kappa shape index (κ3) is 1.55. The highest BCUT2D eigenvalue weighted by Crippen LogP contribution is 2.05. The van der Waals surface area contributed by atoms with E-state index in [1.807, 2.05) is 12.1 Å². The first-order chi connectivity index (χ1) is 4.74. The molecule has 3 heteroatoms. The van der Waals surface area contributed by atoms with Crippen LogP contribution in [0.25, 0.3) is 0 Å². The summed E-state index contributed by atoms with van der Waals surface area (Å²) in [5, 5.41) is 1.23. The van der Waals surface area contributed by atoms with Crippen molar-refractivity contribution in [3.05, 3.63) is 28.2 Å². The van der Waals surface area contributed by atoms with E-state index in [0.717, 1.165) is 26.6 Å². The Balaban J connectivity index is 3.16. The highest BCUT2D eigenvalue weighted by molar-refractivity contribution is 9.10. The number of hydrogen-bond acceptors (Lipinski definition) is 1. The van der Waals surface area contributed by atoms with Gasteiger partial charge in [-0.25, -0.2) is 0 Å². The minimum Gasteiger partial charge on any atom is -0.298 e. The zero-order valence-electron chi connectivity index (χ0n) is 5.60. The van der Waals surface area contributed by atoms with Gasteiger partial charge in [-0.05, 0) is 6.07 Å². The molecule has 1 rings (SSSR count). The lowest BCUT2D eigenvalue weighted by Gasteiger charge is -1.96. The lowest BCUT2D eigenvalue weighted by Crippen LogP contribution is -2.04. The van der Waals surface area contributed by atoms with Gasteiger partial charge in [0.05, 0.1) is 0 Å². The van der Waals surface area contributed by atoms with Gasteiger partial charge in [0.2, 0.25) is 0 Å². The summed E-state index contributed by atoms with van der Waals surface area (Å²) in [5.74, 6) is 0. The van der Waals surface area contributed by atoms with E-state index in [4.69, 9.17) is 0 Å². The number of carbonyl (C=O) groups is 1. The van der Waals surface area contributed by atoms with Crippen molar-refractivity contribution in [1.29, 1.82) is 0 Å². The fourth-order valence-electron chi connectivity index (χ4n) is 0.741. The zero-order valence-corrected chi connectivity index (χ0v) is 9.18. The second-order valence-electron chi connectivity index (χ2n) is 2.13. The minimum absolute atomic E-state index is 0.758. The van der Waals surface area contributed by atoms with Gasteiger partial charge >= 0.3 is 0 Å². The molecular formula is C7H7BrOSi. The van der Waals surface area contributed by atoms with Gasteiger partial charge in [-0.3, -0.25) is 4.79 Å². The lowest BCUT2D eigenvalue weighted by atomic mass is 10.2. The Morgan fingerprint density at radius 1 is 1.50 bits per heavy atom. The number of halogens is 1. The third-order valence-electron chi connectivity index (χ3n) is 1.32. The van der Waals surface area contributed by atoms with Crippen LogP contribution >= 0.6 is 15.9 Å². The van der Waals surface area contributed by atoms with Crippen LogP contribution in [0.4, 0.5) is 0 Å². The summed E-state index contributed by atoms with van der Waals surface area (Å²) in [4.78, 5) is 10.3. The first-order valence-electron chi connectivity index (χ1n) is 2.95. The van der Waals surface area contributed by atoms with Crippen LogP contribution in [0, 0.1) is 0 Å². The standard InChI is InChI=1S/C7H7BrOSi/c8-6-2-1-5(4-9)3-7(6)10/h1-4H,10H3. The Hall–Kier alpha value is -0.413. The van der Waals surface area contributed by atoms with Crippen LogP contribution in [0.15, 0.2) is 22.7 Å². The smallest absolute Gasteiger partial charge is 0.150 e. The van der Waals surface area contributed by atoms with E-state index in [0.29, 0.717) is 0 Å². The summed E-state index contributed by atoms with van der Waals surface area (Å²) in [5.41, 5.74) is 0.758. The predicted molar refractivity (Wildman–Crippen MR) is 49.1 cm³/mol. The highest BCUT2D eigenvalue weighted by atomic mass is 79.9. The summed E-state index contributed by atoms with van der Waals surface area (Å²) < 4.78 is 1.10. The second kappa shape index (κ2) is 3.12. The van der Waals surface area contributed by atoms with Crippen molar-refractivity contribution in [2.75, 3.05) is 0 Å². The SMILES string of the molecule is O=Cc1ccc(Br)c([SiH3])c1. The van der Waals surface area contributed by atoms with Gasteiger partial charge in [0, 0.05) is 20.3 Å². The van der Waals surface area contributed by atoms with Gasteiger partial charge in [0.15, 0.2) is 0 Å². The number of hydrogen-bond donors (Lipinski definition) is 0. The molecule has 0 aromatic heterocycles. The molecule has 0 saturated heterocycles. The first kappa shape index (κ1) is 7.69. The monoisotopic (exact) mass is 214 g/mol. The van der Waals surface area contributed by atoms with Gasteiger partial charge in [0.25, 0.3) is 0 Å². The van der Waals surface area contributed by atoms with Crippen LogP contribution in [0.2, 0.25) is 0 Å². The normalized spacial score (nSPS) is 9.70. The molecule has 0 radical (unpaired) electrons. The number of carbonyl (C=O) groups excluding carboxylic acids is 1. The van der Waals surface area contributed by atoms with Gasteiger partial charge in [-0.15, -0.1) is 0 Å². The van der Waals surface area contributed by atoms with Gasteiger partial charge < -0.3 is 0 Å². The molecule has 0 unspecified atom stereocenters. The summed E-state index contributed by atoms with van der Waals surface area (Å²) in [6.07, 6.45) is 0.869. The summed E-state index contributed by atoms with van der Waals surface area (Å²) in [6, 6.07) is 5.62. The van der Waals surface area contributed by atoms with Crippen molar-refractivity contribution in [3.63, 3.8) is 0 Å². The largest absolute Gasteiger partial charge is 0.298 e. The maximum atomic E-state index is 10.3. The Bertz CT molecular complexity index is 260. The van der Waals surface area contributed by atoms with E-state index in [2.05, 4.69) is 15.9 Å². The van der Waals surface area contributed by atoms with Crippen molar-refractivity contribution >= 4 is 37.6 Å². The molecule has 0 aliphatic carbocycles. The molecule has 0 fully saturated rings. The Morgan fingerprint density at radius 2 is 2.20 bits per heavy atom. The molecule has 0 spiro atoms. The van der Waals surface area contributed by atoms with Crippen LogP contribution in [-0.2, 0) is 0 Å². The average molecular weight is 215 g/mol. The van der Waals surface area contributed by atoms with E-state index >= 15 is 0 Å². The van der Waals surface area contributed by atoms with E-state index in [-0.39, 0.29) is 0 Å². The van der Waals surface area contributed by atoms with Crippen LogP contribution in [0.1, 0.15) is 10.4 Å². The third-order valence-corrected chi connectivity index (χ3v) is 3.77. The van der Waals surface area contributed by atoms with Crippen LogP contribution in [0.3, 0.4) is 0 Å². The summed E-state index contributed by atoms with van der Waals surface area (Å²) in [7, 11) is 0.973. The van der Waals surface area contributed by atoms with Crippen molar-refractivity contribution in [2.24, 2.45) is 0 Å². The number of aldehydes is 1. The molecule has 52 valence electrons. The molecule has 0 N–H and O–H groups in total.